The van der Waals surface area contributed by atoms with Crippen LogP contribution in [0.2, 0.25) is 5.02 Å². The Hall–Kier alpha value is -1.74. The van der Waals surface area contributed by atoms with Crippen LogP contribution in [0, 0.1) is 11.8 Å². The summed E-state index contributed by atoms with van der Waals surface area (Å²) in [6.45, 7) is 1.37. The van der Waals surface area contributed by atoms with Gasteiger partial charge in [-0.1, -0.05) is 22.8 Å². The Kier molecular flexibility index (Phi) is 6.11. The first-order valence-electron chi connectivity index (χ1n) is 7.23. The van der Waals surface area contributed by atoms with E-state index in [-0.39, 0.29) is 29.4 Å². The molecule has 1 aliphatic rings. The Morgan fingerprint density at radius 1 is 1.46 bits per heavy atom. The molecule has 1 aliphatic heterocycles. The van der Waals surface area contributed by atoms with Crippen molar-refractivity contribution in [3.8, 4) is 5.75 Å². The number of aliphatic hydroxyl groups excluding tert-OH is 2. The highest BCUT2D eigenvalue weighted by Crippen LogP contribution is 2.31. The van der Waals surface area contributed by atoms with E-state index in [4.69, 9.17) is 25.8 Å². The molecule has 0 bridgehead atoms. The van der Waals surface area contributed by atoms with E-state index in [1.165, 1.54) is 13.2 Å². The van der Waals surface area contributed by atoms with Crippen LogP contribution >= 0.6 is 11.6 Å². The number of nitrogens with zero attached hydrogens (tertiary/aromatic N) is 1. The number of ether oxygens (including phenoxy) is 3. The minimum Gasteiger partial charge on any atom is -0.496 e. The largest absolute Gasteiger partial charge is 0.496 e. The topological polar surface area (TPSA) is 115 Å². The summed E-state index contributed by atoms with van der Waals surface area (Å²) in [5.41, 5.74) is 0.743. The van der Waals surface area contributed by atoms with Gasteiger partial charge in [-0.15, -0.1) is 0 Å². The lowest BCUT2D eigenvalue weighted by molar-refractivity contribution is -0.204. The molecule has 1 fully saturated rings. The van der Waals surface area contributed by atoms with Gasteiger partial charge in [0.25, 0.3) is 0 Å². The van der Waals surface area contributed by atoms with Crippen LogP contribution in [-0.4, -0.2) is 54.4 Å². The average molecular weight is 360 g/mol. The SMILES string of the molecule is COc1c(C)ccc(Cl)c1C(=O)OCC1OC(O)CC(O)C1N=O. The van der Waals surface area contributed by atoms with Crippen molar-refractivity contribution >= 4 is 17.6 Å². The summed E-state index contributed by atoms with van der Waals surface area (Å²) in [4.78, 5) is 23.2. The Labute approximate surface area is 143 Å². The normalized spacial score (nSPS) is 26.7. The van der Waals surface area contributed by atoms with Gasteiger partial charge in [0, 0.05) is 6.42 Å². The van der Waals surface area contributed by atoms with Crippen molar-refractivity contribution in [2.24, 2.45) is 5.18 Å². The van der Waals surface area contributed by atoms with E-state index < -0.39 is 30.5 Å². The second kappa shape index (κ2) is 7.89. The smallest absolute Gasteiger partial charge is 0.343 e. The Balaban J connectivity index is 2.13. The first kappa shape index (κ1) is 18.6. The molecule has 2 N–H and O–H groups in total. The number of benzene rings is 1. The second-order valence-corrected chi connectivity index (χ2v) is 5.81. The lowest BCUT2D eigenvalue weighted by Gasteiger charge is -2.33. The minimum atomic E-state index is -1.27. The number of rotatable bonds is 5. The van der Waals surface area contributed by atoms with Crippen LogP contribution in [0.15, 0.2) is 17.3 Å². The number of aliphatic hydroxyl groups is 2. The fraction of sp³-hybridized carbons (Fsp3) is 0.533. The highest BCUT2D eigenvalue weighted by atomic mass is 35.5. The van der Waals surface area contributed by atoms with Crippen molar-refractivity contribution in [2.75, 3.05) is 13.7 Å². The number of methoxy groups -OCH3 is 1. The van der Waals surface area contributed by atoms with Gasteiger partial charge in [0.1, 0.15) is 30.1 Å². The summed E-state index contributed by atoms with van der Waals surface area (Å²) >= 11 is 6.04. The molecule has 0 radical (unpaired) electrons. The molecule has 0 spiro atoms. The molecule has 4 atom stereocenters. The van der Waals surface area contributed by atoms with E-state index in [2.05, 4.69) is 5.18 Å². The summed E-state index contributed by atoms with van der Waals surface area (Å²) in [6, 6.07) is 2.09. The monoisotopic (exact) mass is 359 g/mol. The number of halogens is 1. The number of nitroso groups, excluding NO2 is 1. The molecule has 1 heterocycles. The first-order chi connectivity index (χ1) is 11.4. The molecule has 0 amide bonds. The molecular formula is C15H18ClNO7. The van der Waals surface area contributed by atoms with E-state index in [0.717, 1.165) is 0 Å². The summed E-state index contributed by atoms with van der Waals surface area (Å²) in [7, 11) is 1.40. The summed E-state index contributed by atoms with van der Waals surface area (Å²) in [5, 5.41) is 22.2. The third-order valence-corrected chi connectivity index (χ3v) is 4.08. The van der Waals surface area contributed by atoms with Gasteiger partial charge in [0.15, 0.2) is 6.29 Å². The lowest BCUT2D eigenvalue weighted by atomic mass is 10.00. The molecule has 0 aromatic heterocycles. The number of aryl methyl sites for hydroxylation is 1. The van der Waals surface area contributed by atoms with Gasteiger partial charge in [-0.3, -0.25) is 0 Å². The third-order valence-electron chi connectivity index (χ3n) is 3.76. The zero-order valence-electron chi connectivity index (χ0n) is 13.1. The van der Waals surface area contributed by atoms with Crippen LogP contribution in [-0.2, 0) is 9.47 Å². The van der Waals surface area contributed by atoms with Gasteiger partial charge in [-0.05, 0) is 18.6 Å². The quantitative estimate of drug-likeness (QED) is 0.603. The number of hydrogen-bond acceptors (Lipinski definition) is 8. The van der Waals surface area contributed by atoms with Crippen molar-refractivity contribution in [1.29, 1.82) is 0 Å². The molecule has 8 nitrogen and oxygen atoms in total. The van der Waals surface area contributed by atoms with Crippen LogP contribution in [0.1, 0.15) is 22.3 Å². The molecule has 24 heavy (non-hydrogen) atoms. The fourth-order valence-electron chi connectivity index (χ4n) is 2.55. The van der Waals surface area contributed by atoms with E-state index in [1.807, 2.05) is 0 Å². The number of carbonyl (C=O) groups excluding carboxylic acids is 1. The first-order valence-corrected chi connectivity index (χ1v) is 7.61. The van der Waals surface area contributed by atoms with Crippen molar-refractivity contribution in [3.05, 3.63) is 33.2 Å². The molecule has 0 aliphatic carbocycles. The number of carbonyl (C=O) groups is 1. The summed E-state index contributed by atoms with van der Waals surface area (Å²) in [5.74, 6) is -0.495. The van der Waals surface area contributed by atoms with Crippen molar-refractivity contribution in [3.63, 3.8) is 0 Å². The molecular weight excluding hydrogens is 342 g/mol. The molecule has 9 heteroatoms. The molecule has 0 saturated carbocycles. The van der Waals surface area contributed by atoms with Crippen LogP contribution in [0.3, 0.4) is 0 Å². The van der Waals surface area contributed by atoms with Gasteiger partial charge in [-0.25, -0.2) is 4.79 Å². The number of hydrogen-bond donors (Lipinski definition) is 2. The van der Waals surface area contributed by atoms with Crippen LogP contribution in [0.5, 0.6) is 5.75 Å². The molecule has 1 aromatic rings. The van der Waals surface area contributed by atoms with Crippen LogP contribution in [0.25, 0.3) is 0 Å². The van der Waals surface area contributed by atoms with Gasteiger partial charge in [0.05, 0.1) is 18.2 Å². The van der Waals surface area contributed by atoms with E-state index in [1.54, 1.807) is 13.0 Å². The van der Waals surface area contributed by atoms with Gasteiger partial charge in [-0.2, -0.15) is 4.91 Å². The van der Waals surface area contributed by atoms with Crippen molar-refractivity contribution in [1.82, 2.24) is 0 Å². The van der Waals surface area contributed by atoms with Crippen molar-refractivity contribution < 1.29 is 29.2 Å². The maximum atomic E-state index is 12.3. The van der Waals surface area contributed by atoms with E-state index >= 15 is 0 Å². The lowest BCUT2D eigenvalue weighted by Crippen LogP contribution is -2.49. The standard InChI is InChI=1S/C15H18ClNO7/c1-7-3-4-8(16)12(14(7)22-2)15(20)23-6-10-13(17-21)9(18)5-11(19)24-10/h3-4,9-11,13,18-19H,5-6H2,1-2H3. The predicted octanol–water partition coefficient (Wildman–Crippen LogP) is 1.42. The zero-order chi connectivity index (χ0) is 17.9. The van der Waals surface area contributed by atoms with E-state index in [0.29, 0.717) is 5.56 Å². The molecule has 1 aromatic carbocycles. The average Bonchev–Trinajstić information content (AvgIpc) is 2.53. The van der Waals surface area contributed by atoms with Gasteiger partial charge in [0.2, 0.25) is 0 Å². The van der Waals surface area contributed by atoms with Gasteiger partial charge < -0.3 is 24.4 Å². The Bertz CT molecular complexity index is 624. The highest BCUT2D eigenvalue weighted by Gasteiger charge is 2.39. The maximum absolute atomic E-state index is 12.3. The molecule has 2 rings (SSSR count). The maximum Gasteiger partial charge on any atom is 0.343 e. The molecule has 4 unspecified atom stereocenters. The Morgan fingerprint density at radius 2 is 2.17 bits per heavy atom. The fourth-order valence-corrected chi connectivity index (χ4v) is 2.78. The minimum absolute atomic E-state index is 0.0479. The van der Waals surface area contributed by atoms with Crippen molar-refractivity contribution in [2.45, 2.75) is 37.9 Å². The number of esters is 1. The van der Waals surface area contributed by atoms with Crippen LogP contribution in [0.4, 0.5) is 0 Å². The van der Waals surface area contributed by atoms with Crippen LogP contribution < -0.4 is 4.74 Å². The second-order valence-electron chi connectivity index (χ2n) is 5.40. The Morgan fingerprint density at radius 3 is 2.79 bits per heavy atom. The van der Waals surface area contributed by atoms with E-state index in [9.17, 15) is 19.9 Å². The third kappa shape index (κ3) is 3.84. The van der Waals surface area contributed by atoms with Gasteiger partial charge >= 0.3 is 5.97 Å². The summed E-state index contributed by atoms with van der Waals surface area (Å²) in [6.07, 6.45) is -3.64. The molecule has 1 saturated heterocycles. The predicted molar refractivity (Wildman–Crippen MR) is 84.1 cm³/mol. The summed E-state index contributed by atoms with van der Waals surface area (Å²) < 4.78 is 15.4. The zero-order valence-corrected chi connectivity index (χ0v) is 13.9. The highest BCUT2D eigenvalue weighted by molar-refractivity contribution is 6.34. The molecule has 132 valence electrons.